The molecule has 0 spiro atoms. The SMILES string of the molecule is CN(C)C(=O)C(N)C1CCOCC1. The van der Waals surface area contributed by atoms with Gasteiger partial charge in [0.25, 0.3) is 0 Å². The molecule has 1 fully saturated rings. The highest BCUT2D eigenvalue weighted by Gasteiger charge is 2.27. The van der Waals surface area contributed by atoms with Gasteiger partial charge >= 0.3 is 0 Å². The van der Waals surface area contributed by atoms with Crippen LogP contribution in [0.4, 0.5) is 0 Å². The van der Waals surface area contributed by atoms with E-state index >= 15 is 0 Å². The number of likely N-dealkylation sites (N-methyl/N-ethyl adjacent to an activating group) is 1. The van der Waals surface area contributed by atoms with Crippen molar-refractivity contribution in [2.45, 2.75) is 18.9 Å². The van der Waals surface area contributed by atoms with Gasteiger partial charge in [0.05, 0.1) is 6.04 Å². The molecular formula is C9H18N2O2. The third kappa shape index (κ3) is 2.67. The second-order valence-electron chi connectivity index (χ2n) is 3.71. The Balaban J connectivity index is 2.45. The van der Waals surface area contributed by atoms with Crippen LogP contribution in [-0.2, 0) is 9.53 Å². The molecule has 2 N–H and O–H groups in total. The van der Waals surface area contributed by atoms with Crippen LogP contribution in [0.2, 0.25) is 0 Å². The Bertz CT molecular complexity index is 176. The summed E-state index contributed by atoms with van der Waals surface area (Å²) in [5.41, 5.74) is 5.85. The first kappa shape index (κ1) is 10.5. The predicted octanol–water partition coefficient (Wildman–Crippen LogP) is -0.171. The van der Waals surface area contributed by atoms with Crippen LogP contribution >= 0.6 is 0 Å². The molecular weight excluding hydrogens is 168 g/mol. The Morgan fingerprint density at radius 1 is 1.46 bits per heavy atom. The van der Waals surface area contributed by atoms with E-state index in [2.05, 4.69) is 0 Å². The van der Waals surface area contributed by atoms with Gasteiger partial charge in [-0.15, -0.1) is 0 Å². The quantitative estimate of drug-likeness (QED) is 0.651. The fraction of sp³-hybridized carbons (Fsp3) is 0.889. The van der Waals surface area contributed by atoms with Crippen LogP contribution in [0.1, 0.15) is 12.8 Å². The highest BCUT2D eigenvalue weighted by Crippen LogP contribution is 2.18. The Labute approximate surface area is 79.0 Å². The molecule has 0 bridgehead atoms. The summed E-state index contributed by atoms with van der Waals surface area (Å²) in [4.78, 5) is 13.1. The smallest absolute Gasteiger partial charge is 0.239 e. The number of ether oxygens (including phenoxy) is 1. The van der Waals surface area contributed by atoms with E-state index in [-0.39, 0.29) is 11.9 Å². The highest BCUT2D eigenvalue weighted by molar-refractivity contribution is 5.81. The summed E-state index contributed by atoms with van der Waals surface area (Å²) in [6.07, 6.45) is 1.81. The van der Waals surface area contributed by atoms with E-state index < -0.39 is 0 Å². The monoisotopic (exact) mass is 186 g/mol. The first-order valence-corrected chi connectivity index (χ1v) is 4.67. The average Bonchev–Trinajstić information content (AvgIpc) is 2.17. The number of nitrogens with zero attached hydrogens (tertiary/aromatic N) is 1. The van der Waals surface area contributed by atoms with E-state index in [9.17, 15) is 4.79 Å². The lowest BCUT2D eigenvalue weighted by Gasteiger charge is -2.28. The minimum Gasteiger partial charge on any atom is -0.381 e. The number of rotatable bonds is 2. The maximum absolute atomic E-state index is 11.5. The molecule has 1 amide bonds. The third-order valence-electron chi connectivity index (χ3n) is 2.50. The summed E-state index contributed by atoms with van der Waals surface area (Å²) < 4.78 is 5.21. The summed E-state index contributed by atoms with van der Waals surface area (Å²) in [6.45, 7) is 1.47. The Hall–Kier alpha value is -0.610. The molecule has 0 aromatic carbocycles. The lowest BCUT2D eigenvalue weighted by Crippen LogP contribution is -2.46. The Morgan fingerprint density at radius 2 is 2.00 bits per heavy atom. The van der Waals surface area contributed by atoms with Gasteiger partial charge in [-0.25, -0.2) is 0 Å². The Morgan fingerprint density at radius 3 is 2.46 bits per heavy atom. The molecule has 1 aliphatic heterocycles. The first-order chi connectivity index (χ1) is 6.13. The number of carbonyl (C=O) groups excluding carboxylic acids is 1. The normalized spacial score (nSPS) is 21.2. The predicted molar refractivity (Wildman–Crippen MR) is 50.2 cm³/mol. The lowest BCUT2D eigenvalue weighted by atomic mass is 9.91. The van der Waals surface area contributed by atoms with Gasteiger partial charge in [-0.1, -0.05) is 0 Å². The number of hydrogen-bond acceptors (Lipinski definition) is 3. The summed E-state index contributed by atoms with van der Waals surface area (Å²) in [5, 5.41) is 0. The van der Waals surface area contributed by atoms with Gasteiger partial charge in [-0.2, -0.15) is 0 Å². The van der Waals surface area contributed by atoms with Gasteiger partial charge in [-0.3, -0.25) is 4.79 Å². The number of nitrogens with two attached hydrogens (primary N) is 1. The van der Waals surface area contributed by atoms with Crippen molar-refractivity contribution < 1.29 is 9.53 Å². The van der Waals surface area contributed by atoms with Crippen molar-refractivity contribution in [2.24, 2.45) is 11.7 Å². The average molecular weight is 186 g/mol. The van der Waals surface area contributed by atoms with Crippen molar-refractivity contribution in [1.29, 1.82) is 0 Å². The van der Waals surface area contributed by atoms with Gasteiger partial charge in [0.2, 0.25) is 5.91 Å². The van der Waals surface area contributed by atoms with E-state index in [0.717, 1.165) is 26.1 Å². The number of hydrogen-bond donors (Lipinski definition) is 1. The van der Waals surface area contributed by atoms with E-state index in [0.29, 0.717) is 5.92 Å². The minimum atomic E-state index is -0.348. The van der Waals surface area contributed by atoms with E-state index in [1.165, 1.54) is 0 Å². The van der Waals surface area contributed by atoms with Crippen LogP contribution in [0, 0.1) is 5.92 Å². The highest BCUT2D eigenvalue weighted by atomic mass is 16.5. The standard InChI is InChI=1S/C9H18N2O2/c1-11(2)9(12)8(10)7-3-5-13-6-4-7/h7-8H,3-6,10H2,1-2H3. The molecule has 1 rings (SSSR count). The molecule has 13 heavy (non-hydrogen) atoms. The zero-order valence-electron chi connectivity index (χ0n) is 8.32. The summed E-state index contributed by atoms with van der Waals surface area (Å²) >= 11 is 0. The number of carbonyl (C=O) groups is 1. The maximum Gasteiger partial charge on any atom is 0.239 e. The molecule has 0 aromatic rings. The molecule has 1 atom stereocenters. The summed E-state index contributed by atoms with van der Waals surface area (Å²) in [6, 6.07) is -0.348. The third-order valence-corrected chi connectivity index (χ3v) is 2.50. The fourth-order valence-corrected chi connectivity index (χ4v) is 1.57. The minimum absolute atomic E-state index is 0.0203. The van der Waals surface area contributed by atoms with Crippen molar-refractivity contribution in [1.82, 2.24) is 4.90 Å². The molecule has 0 aliphatic carbocycles. The molecule has 0 radical (unpaired) electrons. The van der Waals surface area contributed by atoms with Crippen molar-refractivity contribution in [3.8, 4) is 0 Å². The summed E-state index contributed by atoms with van der Waals surface area (Å²) in [5.74, 6) is 0.315. The van der Waals surface area contributed by atoms with E-state index in [1.54, 1.807) is 19.0 Å². The zero-order valence-corrected chi connectivity index (χ0v) is 8.32. The van der Waals surface area contributed by atoms with E-state index in [4.69, 9.17) is 10.5 Å². The van der Waals surface area contributed by atoms with Crippen LogP contribution in [0.5, 0.6) is 0 Å². The van der Waals surface area contributed by atoms with Crippen LogP contribution in [0.25, 0.3) is 0 Å². The van der Waals surface area contributed by atoms with Crippen LogP contribution in [-0.4, -0.2) is 44.2 Å². The fourth-order valence-electron chi connectivity index (χ4n) is 1.57. The first-order valence-electron chi connectivity index (χ1n) is 4.67. The van der Waals surface area contributed by atoms with Gasteiger partial charge < -0.3 is 15.4 Å². The van der Waals surface area contributed by atoms with E-state index in [1.807, 2.05) is 0 Å². The van der Waals surface area contributed by atoms with Crippen molar-refractivity contribution >= 4 is 5.91 Å². The largest absolute Gasteiger partial charge is 0.381 e. The van der Waals surface area contributed by atoms with Crippen LogP contribution in [0.3, 0.4) is 0 Å². The Kier molecular flexibility index (Phi) is 3.69. The molecule has 1 aliphatic rings. The molecule has 76 valence electrons. The molecule has 0 saturated carbocycles. The van der Waals surface area contributed by atoms with Gasteiger partial charge in [0.15, 0.2) is 0 Å². The number of amides is 1. The van der Waals surface area contributed by atoms with Gasteiger partial charge in [-0.05, 0) is 18.8 Å². The molecule has 1 unspecified atom stereocenters. The van der Waals surface area contributed by atoms with Crippen molar-refractivity contribution in [3.63, 3.8) is 0 Å². The molecule has 1 heterocycles. The molecule has 4 nitrogen and oxygen atoms in total. The zero-order chi connectivity index (χ0) is 9.84. The summed E-state index contributed by atoms with van der Waals surface area (Å²) in [7, 11) is 3.48. The lowest BCUT2D eigenvalue weighted by molar-refractivity contribution is -0.132. The van der Waals surface area contributed by atoms with Gasteiger partial charge in [0, 0.05) is 27.3 Å². The van der Waals surface area contributed by atoms with Crippen molar-refractivity contribution in [3.05, 3.63) is 0 Å². The van der Waals surface area contributed by atoms with Crippen LogP contribution in [0.15, 0.2) is 0 Å². The molecule has 1 saturated heterocycles. The second-order valence-corrected chi connectivity index (χ2v) is 3.71. The molecule has 0 aromatic heterocycles. The van der Waals surface area contributed by atoms with Gasteiger partial charge in [0.1, 0.15) is 0 Å². The maximum atomic E-state index is 11.5. The topological polar surface area (TPSA) is 55.6 Å². The molecule has 4 heteroatoms. The van der Waals surface area contributed by atoms with Crippen molar-refractivity contribution in [2.75, 3.05) is 27.3 Å². The van der Waals surface area contributed by atoms with Crippen LogP contribution < -0.4 is 5.73 Å². The second kappa shape index (κ2) is 4.58.